The molecule has 1 heterocycles. The Bertz CT molecular complexity index is 734. The van der Waals surface area contributed by atoms with Gasteiger partial charge < -0.3 is 14.2 Å². The summed E-state index contributed by atoms with van der Waals surface area (Å²) in [5.74, 6) is 1.20. The van der Waals surface area contributed by atoms with Gasteiger partial charge in [-0.15, -0.1) is 0 Å². The minimum absolute atomic E-state index is 0.255. The Hall–Kier alpha value is -2.25. The van der Waals surface area contributed by atoms with Crippen molar-refractivity contribution >= 4 is 0 Å². The van der Waals surface area contributed by atoms with Crippen molar-refractivity contribution in [1.29, 1.82) is 0 Å². The zero-order valence-corrected chi connectivity index (χ0v) is 15.0. The van der Waals surface area contributed by atoms with Crippen LogP contribution in [0.4, 0.5) is 13.2 Å². The third-order valence-corrected chi connectivity index (χ3v) is 4.34. The molecular weight excluding hydrogens is 359 g/mol. The van der Waals surface area contributed by atoms with Gasteiger partial charge in [0.15, 0.2) is 0 Å². The van der Waals surface area contributed by atoms with Gasteiger partial charge in [-0.2, -0.15) is 13.2 Å². The van der Waals surface area contributed by atoms with Gasteiger partial charge in [0.05, 0.1) is 25.9 Å². The lowest BCUT2D eigenvalue weighted by Crippen LogP contribution is -2.35. The van der Waals surface area contributed by atoms with Gasteiger partial charge in [0.1, 0.15) is 17.6 Å². The zero-order valence-electron chi connectivity index (χ0n) is 15.0. The van der Waals surface area contributed by atoms with Crippen LogP contribution < -0.4 is 9.47 Å². The normalized spacial score (nSPS) is 18.7. The number of ether oxygens (including phenoxy) is 3. The van der Waals surface area contributed by atoms with E-state index in [1.807, 2.05) is 24.3 Å². The lowest BCUT2D eigenvalue weighted by atomic mass is 10.2. The first kappa shape index (κ1) is 19.5. The molecule has 146 valence electrons. The Balaban J connectivity index is 1.62. The third-order valence-electron chi connectivity index (χ3n) is 4.34. The van der Waals surface area contributed by atoms with Crippen LogP contribution in [0.2, 0.25) is 0 Å². The molecule has 27 heavy (non-hydrogen) atoms. The summed E-state index contributed by atoms with van der Waals surface area (Å²) in [5.41, 5.74) is 0.427. The number of halogens is 3. The first-order valence-corrected chi connectivity index (χ1v) is 8.71. The van der Waals surface area contributed by atoms with Crippen LogP contribution in [-0.2, 0) is 17.5 Å². The highest BCUT2D eigenvalue weighted by molar-refractivity contribution is 5.29. The fraction of sp³-hybridized carbons (Fsp3) is 0.400. The van der Waals surface area contributed by atoms with Crippen molar-refractivity contribution in [1.82, 2.24) is 4.90 Å². The van der Waals surface area contributed by atoms with E-state index in [1.165, 1.54) is 12.1 Å². The van der Waals surface area contributed by atoms with Crippen LogP contribution in [0.3, 0.4) is 0 Å². The summed E-state index contributed by atoms with van der Waals surface area (Å²) in [6.45, 7) is 3.07. The highest BCUT2D eigenvalue weighted by atomic mass is 19.4. The number of benzene rings is 2. The molecular formula is C20H22F3NO3. The quantitative estimate of drug-likeness (QED) is 0.784. The van der Waals surface area contributed by atoms with Crippen molar-refractivity contribution in [3.8, 4) is 11.5 Å². The van der Waals surface area contributed by atoms with E-state index in [4.69, 9.17) is 14.2 Å². The highest BCUT2D eigenvalue weighted by Crippen LogP contribution is 2.30. The second kappa shape index (κ2) is 8.63. The molecule has 7 heteroatoms. The standard InChI is InChI=1S/C20H22F3NO3/c1-25-18-4-2-3-15(11-18)12-24-9-10-26-14-19(13-24)27-17-7-5-16(6-8-17)20(21,22)23/h2-8,11,19H,9-10,12-14H2,1H3/t19-/m1/s1. The van der Waals surface area contributed by atoms with E-state index in [0.717, 1.165) is 30.0 Å². The fourth-order valence-electron chi connectivity index (χ4n) is 3.00. The molecule has 0 N–H and O–H groups in total. The van der Waals surface area contributed by atoms with Crippen LogP contribution in [0.15, 0.2) is 48.5 Å². The molecule has 0 unspecified atom stereocenters. The van der Waals surface area contributed by atoms with Crippen LogP contribution in [0.25, 0.3) is 0 Å². The molecule has 0 bridgehead atoms. The van der Waals surface area contributed by atoms with Gasteiger partial charge in [0, 0.05) is 19.6 Å². The SMILES string of the molecule is COc1cccc(CN2CCOC[C@H](Oc3ccc(C(F)(F)F)cc3)C2)c1. The largest absolute Gasteiger partial charge is 0.497 e. The number of hydrogen-bond acceptors (Lipinski definition) is 4. The molecule has 0 aliphatic carbocycles. The maximum atomic E-state index is 12.7. The number of rotatable bonds is 5. The third kappa shape index (κ3) is 5.61. The summed E-state index contributed by atoms with van der Waals surface area (Å²) in [6.07, 6.45) is -4.60. The Morgan fingerprint density at radius 3 is 2.59 bits per heavy atom. The van der Waals surface area contributed by atoms with E-state index < -0.39 is 11.7 Å². The summed E-state index contributed by atoms with van der Waals surface area (Å²) in [4.78, 5) is 2.20. The van der Waals surface area contributed by atoms with Crippen molar-refractivity contribution in [3.63, 3.8) is 0 Å². The number of alkyl halides is 3. The molecule has 4 nitrogen and oxygen atoms in total. The predicted molar refractivity (Wildman–Crippen MR) is 95.0 cm³/mol. The number of hydrogen-bond donors (Lipinski definition) is 0. The van der Waals surface area contributed by atoms with Crippen molar-refractivity contribution in [2.45, 2.75) is 18.8 Å². The zero-order chi connectivity index (χ0) is 19.3. The van der Waals surface area contributed by atoms with Crippen LogP contribution in [-0.4, -0.2) is 44.4 Å². The van der Waals surface area contributed by atoms with E-state index in [1.54, 1.807) is 7.11 Å². The average Bonchev–Trinajstić information content (AvgIpc) is 2.86. The Labute approximate surface area is 156 Å². The van der Waals surface area contributed by atoms with Gasteiger partial charge >= 0.3 is 6.18 Å². The molecule has 0 amide bonds. The second-order valence-electron chi connectivity index (χ2n) is 6.42. The van der Waals surface area contributed by atoms with E-state index in [2.05, 4.69) is 4.90 Å². The Kier molecular flexibility index (Phi) is 6.23. The summed E-state index contributed by atoms with van der Waals surface area (Å²) >= 11 is 0. The van der Waals surface area contributed by atoms with Crippen molar-refractivity contribution in [3.05, 3.63) is 59.7 Å². The summed E-state index contributed by atoms with van der Waals surface area (Å²) < 4.78 is 54.7. The summed E-state index contributed by atoms with van der Waals surface area (Å²) in [7, 11) is 1.63. The average molecular weight is 381 g/mol. The molecule has 1 atom stereocenters. The van der Waals surface area contributed by atoms with E-state index in [-0.39, 0.29) is 6.10 Å². The highest BCUT2D eigenvalue weighted by Gasteiger charge is 2.30. The maximum Gasteiger partial charge on any atom is 0.416 e. The minimum Gasteiger partial charge on any atom is -0.497 e. The first-order chi connectivity index (χ1) is 12.9. The van der Waals surface area contributed by atoms with Gasteiger partial charge in [-0.3, -0.25) is 4.90 Å². The Morgan fingerprint density at radius 2 is 1.89 bits per heavy atom. The van der Waals surface area contributed by atoms with Gasteiger partial charge in [-0.1, -0.05) is 12.1 Å². The maximum absolute atomic E-state index is 12.7. The molecule has 1 aliphatic heterocycles. The Morgan fingerprint density at radius 1 is 1.11 bits per heavy atom. The fourth-order valence-corrected chi connectivity index (χ4v) is 3.00. The molecule has 0 spiro atoms. The van der Waals surface area contributed by atoms with Gasteiger partial charge in [-0.05, 0) is 42.0 Å². The second-order valence-corrected chi connectivity index (χ2v) is 6.42. The van der Waals surface area contributed by atoms with Crippen LogP contribution in [0.1, 0.15) is 11.1 Å². The molecule has 1 fully saturated rings. The van der Waals surface area contributed by atoms with Crippen molar-refractivity contribution in [2.24, 2.45) is 0 Å². The molecule has 2 aromatic carbocycles. The lowest BCUT2D eigenvalue weighted by Gasteiger charge is -2.24. The van der Waals surface area contributed by atoms with E-state index in [0.29, 0.717) is 32.1 Å². The van der Waals surface area contributed by atoms with Crippen LogP contribution in [0, 0.1) is 0 Å². The topological polar surface area (TPSA) is 30.9 Å². The summed E-state index contributed by atoms with van der Waals surface area (Å²) in [5, 5.41) is 0. The molecule has 0 aromatic heterocycles. The molecule has 0 radical (unpaired) electrons. The van der Waals surface area contributed by atoms with Crippen LogP contribution >= 0.6 is 0 Å². The van der Waals surface area contributed by atoms with Crippen molar-refractivity contribution < 1.29 is 27.4 Å². The van der Waals surface area contributed by atoms with Gasteiger partial charge in [0.25, 0.3) is 0 Å². The monoisotopic (exact) mass is 381 g/mol. The number of methoxy groups -OCH3 is 1. The van der Waals surface area contributed by atoms with E-state index >= 15 is 0 Å². The number of nitrogens with zero attached hydrogens (tertiary/aromatic N) is 1. The molecule has 1 aliphatic rings. The minimum atomic E-state index is -4.35. The predicted octanol–water partition coefficient (Wildman–Crippen LogP) is 3.99. The lowest BCUT2D eigenvalue weighted by molar-refractivity contribution is -0.137. The van der Waals surface area contributed by atoms with Gasteiger partial charge in [0.2, 0.25) is 0 Å². The smallest absolute Gasteiger partial charge is 0.416 e. The molecule has 0 saturated carbocycles. The van der Waals surface area contributed by atoms with Crippen molar-refractivity contribution in [2.75, 3.05) is 33.4 Å². The van der Waals surface area contributed by atoms with Gasteiger partial charge in [-0.25, -0.2) is 0 Å². The molecule has 2 aromatic rings. The molecule has 3 rings (SSSR count). The first-order valence-electron chi connectivity index (χ1n) is 8.71. The summed E-state index contributed by atoms with van der Waals surface area (Å²) in [6, 6.07) is 12.6. The molecule has 1 saturated heterocycles. The van der Waals surface area contributed by atoms with E-state index in [9.17, 15) is 13.2 Å². The van der Waals surface area contributed by atoms with Crippen LogP contribution in [0.5, 0.6) is 11.5 Å².